The first kappa shape index (κ1) is 42.3. The van der Waals surface area contributed by atoms with Gasteiger partial charge in [0.2, 0.25) is 5.95 Å². The molecule has 1 aliphatic heterocycles. The number of hydrogen-bond acceptors (Lipinski definition) is 5. The fraction of sp³-hybridized carbons (Fsp3) is 0.0143. The average molecular weight is 970 g/mol. The maximum Gasteiger partial charge on any atom is 0.238 e. The molecule has 14 aromatic rings. The van der Waals surface area contributed by atoms with Crippen molar-refractivity contribution in [3.63, 3.8) is 0 Å². The van der Waals surface area contributed by atoms with Crippen molar-refractivity contribution in [2.45, 2.75) is 5.41 Å². The highest BCUT2D eigenvalue weighted by molar-refractivity contribution is 6.16. The van der Waals surface area contributed by atoms with Gasteiger partial charge in [-0.15, -0.1) is 0 Å². The summed E-state index contributed by atoms with van der Waals surface area (Å²) >= 11 is 0. The molecular formula is C70H43N5O. The topological polar surface area (TPSA) is 60.0 Å². The molecule has 3 aromatic heterocycles. The number of para-hydroxylation sites is 3. The summed E-state index contributed by atoms with van der Waals surface area (Å²) < 4.78 is 8.80. The Morgan fingerprint density at radius 1 is 0.342 bits per heavy atom. The Labute approximate surface area is 438 Å². The number of aromatic nitrogens is 4. The zero-order valence-electron chi connectivity index (χ0n) is 41.0. The second-order valence-corrected chi connectivity index (χ2v) is 19.9. The first-order valence-corrected chi connectivity index (χ1v) is 25.8. The van der Waals surface area contributed by atoms with Crippen molar-refractivity contribution in [3.8, 4) is 62.1 Å². The highest BCUT2D eigenvalue weighted by atomic mass is 16.3. The van der Waals surface area contributed by atoms with E-state index in [1.54, 1.807) is 0 Å². The summed E-state index contributed by atoms with van der Waals surface area (Å²) in [6.07, 6.45) is 0. The first-order valence-electron chi connectivity index (χ1n) is 25.8. The molecule has 1 atom stereocenters. The van der Waals surface area contributed by atoms with Crippen LogP contribution in [0.4, 0.5) is 17.1 Å². The van der Waals surface area contributed by atoms with E-state index in [0.29, 0.717) is 17.6 Å². The molecule has 1 unspecified atom stereocenters. The van der Waals surface area contributed by atoms with Crippen LogP contribution in [0.25, 0.3) is 106 Å². The first-order chi connectivity index (χ1) is 37.7. The van der Waals surface area contributed by atoms with Gasteiger partial charge in [0.05, 0.1) is 27.8 Å². The lowest BCUT2D eigenvalue weighted by Gasteiger charge is -2.45. The van der Waals surface area contributed by atoms with Crippen molar-refractivity contribution in [1.29, 1.82) is 0 Å². The Morgan fingerprint density at radius 3 is 1.71 bits per heavy atom. The molecule has 0 saturated heterocycles. The van der Waals surface area contributed by atoms with Crippen LogP contribution in [0.2, 0.25) is 0 Å². The van der Waals surface area contributed by atoms with Crippen LogP contribution >= 0.6 is 0 Å². The molecule has 354 valence electrons. The largest absolute Gasteiger partial charge is 0.456 e. The summed E-state index contributed by atoms with van der Waals surface area (Å²) in [5, 5.41) is 4.51. The van der Waals surface area contributed by atoms with E-state index >= 15 is 0 Å². The highest BCUT2D eigenvalue weighted by Gasteiger charge is 2.52. The van der Waals surface area contributed by atoms with Crippen LogP contribution in [-0.2, 0) is 5.41 Å². The molecule has 0 fully saturated rings. The molecule has 0 amide bonds. The molecule has 4 heterocycles. The molecule has 2 aliphatic rings. The van der Waals surface area contributed by atoms with E-state index in [0.717, 1.165) is 88.6 Å². The zero-order valence-corrected chi connectivity index (χ0v) is 41.0. The van der Waals surface area contributed by atoms with E-state index in [9.17, 15) is 0 Å². The van der Waals surface area contributed by atoms with Gasteiger partial charge in [-0.1, -0.05) is 206 Å². The summed E-state index contributed by atoms with van der Waals surface area (Å²) in [6, 6.07) is 93.7. The minimum Gasteiger partial charge on any atom is -0.456 e. The van der Waals surface area contributed by atoms with Gasteiger partial charge in [0.1, 0.15) is 11.2 Å². The van der Waals surface area contributed by atoms with Gasteiger partial charge in [-0.05, 0) is 110 Å². The Morgan fingerprint density at radius 2 is 0.921 bits per heavy atom. The predicted molar refractivity (Wildman–Crippen MR) is 309 cm³/mol. The molecule has 0 radical (unpaired) electrons. The third-order valence-electron chi connectivity index (χ3n) is 15.8. The van der Waals surface area contributed by atoms with E-state index in [-0.39, 0.29) is 0 Å². The summed E-state index contributed by atoms with van der Waals surface area (Å²) in [7, 11) is 0. The quantitative estimate of drug-likeness (QED) is 0.166. The normalized spacial score (nSPS) is 14.3. The van der Waals surface area contributed by atoms with Crippen molar-refractivity contribution in [1.82, 2.24) is 19.5 Å². The Balaban J connectivity index is 0.940. The fourth-order valence-corrected chi connectivity index (χ4v) is 12.6. The third kappa shape index (κ3) is 6.12. The van der Waals surface area contributed by atoms with E-state index < -0.39 is 5.41 Å². The molecule has 0 bridgehead atoms. The lowest BCUT2D eigenvalue weighted by Crippen LogP contribution is -2.36. The molecule has 76 heavy (non-hydrogen) atoms. The molecule has 1 spiro atoms. The van der Waals surface area contributed by atoms with Crippen LogP contribution < -0.4 is 4.90 Å². The lowest BCUT2D eigenvalue weighted by molar-refractivity contribution is 0.668. The maximum absolute atomic E-state index is 6.61. The van der Waals surface area contributed by atoms with Crippen molar-refractivity contribution in [2.24, 2.45) is 0 Å². The van der Waals surface area contributed by atoms with E-state index in [1.165, 1.54) is 38.9 Å². The number of benzene rings is 11. The van der Waals surface area contributed by atoms with Crippen molar-refractivity contribution < 1.29 is 4.42 Å². The highest BCUT2D eigenvalue weighted by Crippen LogP contribution is 2.65. The second-order valence-electron chi connectivity index (χ2n) is 19.9. The van der Waals surface area contributed by atoms with Crippen LogP contribution in [0, 0.1) is 0 Å². The molecule has 0 N–H and O–H groups in total. The summed E-state index contributed by atoms with van der Waals surface area (Å²) in [4.78, 5) is 17.9. The van der Waals surface area contributed by atoms with Crippen LogP contribution in [0.15, 0.2) is 265 Å². The van der Waals surface area contributed by atoms with Crippen LogP contribution in [0.5, 0.6) is 0 Å². The van der Waals surface area contributed by atoms with Crippen molar-refractivity contribution in [2.75, 3.05) is 4.90 Å². The smallest absolute Gasteiger partial charge is 0.238 e. The third-order valence-corrected chi connectivity index (χ3v) is 15.8. The molecule has 0 saturated carbocycles. The van der Waals surface area contributed by atoms with Gasteiger partial charge in [0, 0.05) is 38.4 Å². The number of rotatable bonds is 6. The van der Waals surface area contributed by atoms with Gasteiger partial charge in [-0.25, -0.2) is 4.98 Å². The minimum atomic E-state index is -0.657. The monoisotopic (exact) mass is 969 g/mol. The number of fused-ring (bicyclic) bond motifs is 16. The Kier molecular flexibility index (Phi) is 9.15. The van der Waals surface area contributed by atoms with Gasteiger partial charge in [-0.3, -0.25) is 4.57 Å². The van der Waals surface area contributed by atoms with Crippen LogP contribution in [-0.4, -0.2) is 19.5 Å². The second kappa shape index (κ2) is 16.4. The van der Waals surface area contributed by atoms with Crippen molar-refractivity contribution in [3.05, 3.63) is 283 Å². The van der Waals surface area contributed by atoms with Gasteiger partial charge >= 0.3 is 0 Å². The number of anilines is 3. The molecule has 16 rings (SSSR count). The lowest BCUT2D eigenvalue weighted by atomic mass is 9.64. The van der Waals surface area contributed by atoms with Gasteiger partial charge in [0.25, 0.3) is 0 Å². The van der Waals surface area contributed by atoms with E-state index in [4.69, 9.17) is 19.4 Å². The fourth-order valence-electron chi connectivity index (χ4n) is 12.6. The number of furan rings is 1. The van der Waals surface area contributed by atoms with Gasteiger partial charge < -0.3 is 9.32 Å². The van der Waals surface area contributed by atoms with Gasteiger partial charge in [-0.2, -0.15) is 9.97 Å². The van der Waals surface area contributed by atoms with Gasteiger partial charge in [0.15, 0.2) is 11.6 Å². The van der Waals surface area contributed by atoms with E-state index in [2.05, 4.69) is 234 Å². The molecule has 1 aliphatic carbocycles. The maximum atomic E-state index is 6.61. The standard InChI is InChI=1S/C70H43N5O/c1-4-19-44(20-5-1)47-25-18-26-50(41-47)74-61-33-16-14-31-56(61)70(55-30-13-10-28-52(55)65-58(70)38-40-64-66(65)53-29-12-17-34-63(53)76-64)57-37-35-49(43-62(57)74)48-36-39-60-54(42-48)51-27-11-15-32-59(51)75(60)69-72-67(45-21-6-2-7-22-45)71-68(73-69)46-23-8-3-9-24-46/h1-43H. The van der Waals surface area contributed by atoms with E-state index in [1.807, 2.05) is 36.4 Å². The molecule has 6 nitrogen and oxygen atoms in total. The minimum absolute atomic E-state index is 0.565. The number of hydrogen-bond donors (Lipinski definition) is 0. The summed E-state index contributed by atoms with van der Waals surface area (Å²) in [6.45, 7) is 0. The zero-order chi connectivity index (χ0) is 49.9. The molecule has 11 aromatic carbocycles. The molecule has 6 heteroatoms. The SMILES string of the molecule is c1ccc(-c2cccc(N3c4ccccc4C4(c5ccccc5-c5c4ccc4oc6ccccc6c54)c4ccc(-c5ccc6c(c5)c5ccccc5n6-c5nc(-c6ccccc6)nc(-c6ccccc6)n5)cc43)c2)cc1. The summed E-state index contributed by atoms with van der Waals surface area (Å²) in [5.74, 6) is 1.80. The van der Waals surface area contributed by atoms with Crippen LogP contribution in [0.1, 0.15) is 22.3 Å². The summed E-state index contributed by atoms with van der Waals surface area (Å²) in [5.41, 5.74) is 20.3. The Hall–Kier alpha value is -10.2. The predicted octanol–water partition coefficient (Wildman–Crippen LogP) is 17.7. The average Bonchev–Trinajstić information content (AvgIpc) is 4.15. The van der Waals surface area contributed by atoms with Crippen molar-refractivity contribution >= 4 is 60.8 Å². The number of nitrogens with zero attached hydrogens (tertiary/aromatic N) is 5. The molecular weight excluding hydrogens is 927 g/mol. The Bertz CT molecular complexity index is 4600. The van der Waals surface area contributed by atoms with Crippen LogP contribution in [0.3, 0.4) is 0 Å².